The van der Waals surface area contributed by atoms with Crippen LogP contribution in [0.15, 0.2) is 40.3 Å². The van der Waals surface area contributed by atoms with Gasteiger partial charge >= 0.3 is 0 Å². The summed E-state index contributed by atoms with van der Waals surface area (Å²) in [5.74, 6) is 0.782. The van der Waals surface area contributed by atoms with Crippen LogP contribution in [0.25, 0.3) is 11.0 Å². The maximum absolute atomic E-state index is 6.51. The topological polar surface area (TPSA) is 28.9 Å². The Morgan fingerprint density at radius 3 is 3.00 bits per heavy atom. The lowest BCUT2D eigenvalue weighted by atomic mass is 10.1. The van der Waals surface area contributed by atoms with E-state index in [-0.39, 0.29) is 5.50 Å². The van der Waals surface area contributed by atoms with Gasteiger partial charge in [-0.2, -0.15) is 0 Å². The molecule has 0 fully saturated rings. The second-order valence-corrected chi connectivity index (χ2v) is 6.67. The number of benzene rings is 1. The van der Waals surface area contributed by atoms with Gasteiger partial charge in [0.2, 0.25) is 0 Å². The molecule has 6 heteroatoms. The highest BCUT2D eigenvalue weighted by atomic mass is 35.5. The number of furan rings is 1. The van der Waals surface area contributed by atoms with Gasteiger partial charge in [0.1, 0.15) is 16.8 Å². The van der Waals surface area contributed by atoms with Crippen molar-refractivity contribution in [2.75, 3.05) is 25.7 Å². The summed E-state index contributed by atoms with van der Waals surface area (Å²) in [4.78, 5) is 5.53. The van der Waals surface area contributed by atoms with Gasteiger partial charge < -0.3 is 14.1 Å². The third-order valence-corrected chi connectivity index (χ3v) is 5.62. The lowest BCUT2D eigenvalue weighted by Gasteiger charge is -2.38. The normalized spacial score (nSPS) is 18.7. The molecule has 1 aromatic carbocycles. The van der Waals surface area contributed by atoms with Crippen molar-refractivity contribution in [1.82, 2.24) is 4.90 Å². The van der Waals surface area contributed by atoms with Crippen LogP contribution in [0, 0.1) is 0 Å². The third-order valence-electron chi connectivity index (χ3n) is 3.98. The fraction of sp³-hybridized carbons (Fsp3) is 0.250. The van der Waals surface area contributed by atoms with Crippen LogP contribution in [0.1, 0.15) is 10.4 Å². The van der Waals surface area contributed by atoms with E-state index in [4.69, 9.17) is 20.8 Å². The van der Waals surface area contributed by atoms with E-state index in [0.29, 0.717) is 6.67 Å². The summed E-state index contributed by atoms with van der Waals surface area (Å²) in [6, 6.07) is 8.06. The van der Waals surface area contributed by atoms with E-state index in [2.05, 4.69) is 21.2 Å². The van der Waals surface area contributed by atoms with Crippen molar-refractivity contribution in [3.05, 3.63) is 40.8 Å². The minimum atomic E-state index is -0.0864. The lowest BCUT2D eigenvalue weighted by Crippen LogP contribution is -2.38. The highest BCUT2D eigenvalue weighted by Crippen LogP contribution is 2.46. The summed E-state index contributed by atoms with van der Waals surface area (Å²) in [7, 11) is 3.70. The van der Waals surface area contributed by atoms with Gasteiger partial charge in [0.15, 0.2) is 0 Å². The minimum Gasteiger partial charge on any atom is -0.497 e. The molecule has 4 rings (SSSR count). The van der Waals surface area contributed by atoms with Gasteiger partial charge in [-0.15, -0.1) is 11.3 Å². The predicted molar refractivity (Wildman–Crippen MR) is 90.4 cm³/mol. The predicted octanol–water partition coefficient (Wildman–Crippen LogP) is 4.78. The Labute approximate surface area is 137 Å². The molecule has 3 aromatic rings. The zero-order chi connectivity index (χ0) is 15.3. The number of alkyl halides is 1. The molecule has 0 saturated heterocycles. The zero-order valence-corrected chi connectivity index (χ0v) is 13.8. The Balaban J connectivity index is 1.92. The number of fused-ring (bicyclic) bond motifs is 2. The Bertz CT molecular complexity index is 829. The molecule has 0 aliphatic carbocycles. The molecule has 1 aliphatic heterocycles. The summed E-state index contributed by atoms with van der Waals surface area (Å²) >= 11 is 8.20. The molecule has 22 heavy (non-hydrogen) atoms. The first-order valence-corrected chi connectivity index (χ1v) is 8.25. The van der Waals surface area contributed by atoms with Gasteiger partial charge in [-0.1, -0.05) is 11.6 Å². The monoisotopic (exact) mass is 334 g/mol. The maximum Gasteiger partial charge on any atom is 0.139 e. The van der Waals surface area contributed by atoms with Gasteiger partial charge in [-0.25, -0.2) is 0 Å². The first kappa shape index (κ1) is 13.9. The van der Waals surface area contributed by atoms with Crippen LogP contribution in [0.4, 0.5) is 11.4 Å². The Morgan fingerprint density at radius 2 is 2.18 bits per heavy atom. The van der Waals surface area contributed by atoms with Crippen LogP contribution in [-0.2, 0) is 0 Å². The molecule has 0 spiro atoms. The van der Waals surface area contributed by atoms with E-state index in [0.717, 1.165) is 33.0 Å². The van der Waals surface area contributed by atoms with Gasteiger partial charge in [0.05, 0.1) is 36.3 Å². The minimum absolute atomic E-state index is 0.0864. The third kappa shape index (κ3) is 2.00. The number of rotatable bonds is 2. The number of thiophene rings is 1. The fourth-order valence-electron chi connectivity index (χ4n) is 2.86. The molecule has 114 valence electrons. The van der Waals surface area contributed by atoms with E-state index in [1.165, 1.54) is 0 Å². The summed E-state index contributed by atoms with van der Waals surface area (Å²) in [5.41, 5.74) is 2.95. The van der Waals surface area contributed by atoms with Crippen LogP contribution in [0.3, 0.4) is 0 Å². The number of hydrogen-bond acceptors (Lipinski definition) is 5. The van der Waals surface area contributed by atoms with E-state index in [9.17, 15) is 0 Å². The highest BCUT2D eigenvalue weighted by Gasteiger charge is 2.30. The van der Waals surface area contributed by atoms with Crippen molar-refractivity contribution in [2.45, 2.75) is 5.50 Å². The standard InChI is InChI=1S/C16H15ClN2O2S/c1-18-9-19(12-4-6-22-15(12)16(18)17)13-7-10(20-2)8-14-11(13)3-5-21-14/h3-8,16H,9H2,1-2H3. The van der Waals surface area contributed by atoms with Crippen molar-refractivity contribution in [1.29, 1.82) is 0 Å². The first-order valence-electron chi connectivity index (χ1n) is 6.93. The van der Waals surface area contributed by atoms with Crippen molar-refractivity contribution < 1.29 is 9.15 Å². The summed E-state index contributed by atoms with van der Waals surface area (Å²) in [6.45, 7) is 0.714. The molecular formula is C16H15ClN2O2S. The lowest BCUT2D eigenvalue weighted by molar-refractivity contribution is 0.311. The van der Waals surface area contributed by atoms with E-state index < -0.39 is 0 Å². The molecule has 0 amide bonds. The van der Waals surface area contributed by atoms with Crippen LogP contribution in [-0.4, -0.2) is 25.7 Å². The second-order valence-electron chi connectivity index (χ2n) is 5.31. The molecule has 4 nitrogen and oxygen atoms in total. The summed E-state index contributed by atoms with van der Waals surface area (Å²) < 4.78 is 11.0. The van der Waals surface area contributed by atoms with Gasteiger partial charge in [-0.3, -0.25) is 4.90 Å². The second kappa shape index (κ2) is 5.19. The number of nitrogens with zero attached hydrogens (tertiary/aromatic N) is 2. The van der Waals surface area contributed by atoms with Crippen molar-refractivity contribution in [3.63, 3.8) is 0 Å². The average Bonchev–Trinajstić information content (AvgIpc) is 3.18. The largest absolute Gasteiger partial charge is 0.497 e. The number of hydrogen-bond donors (Lipinski definition) is 0. The molecule has 0 radical (unpaired) electrons. The molecule has 0 N–H and O–H groups in total. The zero-order valence-electron chi connectivity index (χ0n) is 12.2. The number of anilines is 2. The maximum atomic E-state index is 6.51. The van der Waals surface area contributed by atoms with Crippen LogP contribution < -0.4 is 9.64 Å². The molecule has 3 heterocycles. The smallest absolute Gasteiger partial charge is 0.139 e. The van der Waals surface area contributed by atoms with E-state index in [1.807, 2.05) is 25.2 Å². The Kier molecular flexibility index (Phi) is 3.29. The molecule has 1 aliphatic rings. The van der Waals surface area contributed by atoms with Crippen molar-refractivity contribution in [3.8, 4) is 5.75 Å². The first-order chi connectivity index (χ1) is 10.7. The van der Waals surface area contributed by atoms with E-state index >= 15 is 0 Å². The highest BCUT2D eigenvalue weighted by molar-refractivity contribution is 7.10. The van der Waals surface area contributed by atoms with Gasteiger partial charge in [0.25, 0.3) is 0 Å². The van der Waals surface area contributed by atoms with Gasteiger partial charge in [0, 0.05) is 17.5 Å². The quantitative estimate of drug-likeness (QED) is 0.498. The van der Waals surface area contributed by atoms with Crippen molar-refractivity contribution >= 4 is 45.3 Å². The average molecular weight is 335 g/mol. The molecule has 1 unspecified atom stereocenters. The van der Waals surface area contributed by atoms with Crippen molar-refractivity contribution in [2.24, 2.45) is 0 Å². The van der Waals surface area contributed by atoms with Crippen LogP contribution in [0.2, 0.25) is 0 Å². The van der Waals surface area contributed by atoms with Crippen LogP contribution >= 0.6 is 22.9 Å². The molecule has 2 aromatic heterocycles. The SMILES string of the molecule is COc1cc(N2CN(C)C(Cl)c3sccc32)c2ccoc2c1. The Hall–Kier alpha value is -1.69. The van der Waals surface area contributed by atoms with Gasteiger partial charge in [-0.05, 0) is 24.6 Å². The fourth-order valence-corrected chi connectivity index (χ4v) is 4.12. The van der Waals surface area contributed by atoms with Crippen LogP contribution in [0.5, 0.6) is 5.75 Å². The summed E-state index contributed by atoms with van der Waals surface area (Å²) in [5, 5.41) is 3.15. The Morgan fingerprint density at radius 1 is 1.32 bits per heavy atom. The number of ether oxygens (including phenoxy) is 1. The number of halogens is 1. The molecule has 1 atom stereocenters. The molecule has 0 bridgehead atoms. The molecular weight excluding hydrogens is 320 g/mol. The number of methoxy groups -OCH3 is 1. The summed E-state index contributed by atoms with van der Waals surface area (Å²) in [6.07, 6.45) is 1.71. The van der Waals surface area contributed by atoms with E-state index in [1.54, 1.807) is 24.7 Å². The molecule has 0 saturated carbocycles.